The number of nitrogens with zero attached hydrogens (tertiary/aromatic N) is 3. The third-order valence-electron chi connectivity index (χ3n) is 12.0. The number of carbonyl (C=O) groups excluding carboxylic acids is 1. The van der Waals surface area contributed by atoms with Crippen molar-refractivity contribution < 1.29 is 37.0 Å². The highest BCUT2D eigenvalue weighted by Gasteiger charge is 2.51. The van der Waals surface area contributed by atoms with E-state index in [0.29, 0.717) is 68.7 Å². The summed E-state index contributed by atoms with van der Waals surface area (Å²) in [6.07, 6.45) is 0.586. The molecule has 13 heteroatoms. The Bertz CT molecular complexity index is 2710. The fourth-order valence-electron chi connectivity index (χ4n) is 9.17. The van der Waals surface area contributed by atoms with E-state index in [1.165, 1.54) is 12.1 Å². The summed E-state index contributed by atoms with van der Waals surface area (Å²) in [5.41, 5.74) is 3.40. The minimum atomic E-state index is -3.36. The summed E-state index contributed by atoms with van der Waals surface area (Å²) in [6.45, 7) is 8.52. The third kappa shape index (κ3) is 9.11. The van der Waals surface area contributed by atoms with Gasteiger partial charge in [-0.25, -0.2) is 18.0 Å². The van der Waals surface area contributed by atoms with Gasteiger partial charge in [-0.1, -0.05) is 118 Å². The highest BCUT2D eigenvalue weighted by atomic mass is 35.5. The fourth-order valence-corrected chi connectivity index (χ4v) is 14.0. The number of rotatable bonds is 18. The van der Waals surface area contributed by atoms with Crippen molar-refractivity contribution in [3.8, 4) is 16.9 Å². The molecule has 0 radical (unpaired) electrons. The summed E-state index contributed by atoms with van der Waals surface area (Å²) in [7, 11) is -1.55. The Morgan fingerprint density at radius 2 is 1.55 bits per heavy atom. The maximum atomic E-state index is 16.9. The molecule has 0 aliphatic heterocycles. The summed E-state index contributed by atoms with van der Waals surface area (Å²) < 4.78 is 69.8. The molecule has 0 saturated heterocycles. The first kappa shape index (κ1) is 46.6. The Kier molecular flexibility index (Phi) is 14.1. The van der Waals surface area contributed by atoms with E-state index >= 15 is 8.78 Å². The molecule has 5 aromatic carbocycles. The van der Waals surface area contributed by atoms with Gasteiger partial charge in [0.2, 0.25) is 0 Å². The van der Waals surface area contributed by atoms with Gasteiger partial charge in [-0.15, -0.1) is 0 Å². The van der Waals surface area contributed by atoms with E-state index in [9.17, 15) is 14.3 Å². The van der Waals surface area contributed by atoms with Crippen LogP contribution in [0.15, 0.2) is 109 Å². The van der Waals surface area contributed by atoms with Gasteiger partial charge in [0, 0.05) is 47.6 Å². The zero-order valence-electron chi connectivity index (χ0n) is 37.2. The van der Waals surface area contributed by atoms with Crippen molar-refractivity contribution in [2.45, 2.75) is 84.4 Å². The lowest BCUT2D eigenvalue weighted by Gasteiger charge is -2.43. The summed E-state index contributed by atoms with van der Waals surface area (Å²) in [5.74, 6) is -3.78. The molecule has 0 fully saturated rings. The molecule has 64 heavy (non-hydrogen) atoms. The molecule has 1 N–H and O–H groups in total. The highest BCUT2D eigenvalue weighted by Crippen LogP contribution is 2.44. The molecule has 8 nitrogen and oxygen atoms in total. The van der Waals surface area contributed by atoms with Crippen LogP contribution < -0.4 is 15.1 Å². The summed E-state index contributed by atoms with van der Waals surface area (Å²) in [6, 6.07) is 32.8. The normalized spacial score (nSPS) is 12.4. The Balaban J connectivity index is 1.31. The van der Waals surface area contributed by atoms with Crippen molar-refractivity contribution >= 4 is 57.9 Å². The first-order valence-corrected chi connectivity index (χ1v) is 24.0. The first-order valence-electron chi connectivity index (χ1n) is 21.8. The average Bonchev–Trinajstić information content (AvgIpc) is 3.77. The average molecular weight is 911 g/mol. The molecule has 7 aromatic rings. The van der Waals surface area contributed by atoms with Crippen molar-refractivity contribution in [2.75, 3.05) is 19.8 Å². The molecule has 0 aliphatic rings. The number of esters is 1. The summed E-state index contributed by atoms with van der Waals surface area (Å²) >= 11 is 7.13. The monoisotopic (exact) mass is 909 g/mol. The van der Waals surface area contributed by atoms with Crippen molar-refractivity contribution in [3.05, 3.63) is 143 Å². The zero-order chi connectivity index (χ0) is 45.8. The number of halogens is 4. The van der Waals surface area contributed by atoms with Crippen LogP contribution in [0.25, 0.3) is 32.8 Å². The fraction of sp³-hybridized carbons (Fsp3) is 0.333. The van der Waals surface area contributed by atoms with Crippen molar-refractivity contribution in [2.24, 2.45) is 7.05 Å². The van der Waals surface area contributed by atoms with Gasteiger partial charge >= 0.3 is 5.97 Å². The number of hydrogen-bond donors (Lipinski definition) is 1. The first-order chi connectivity index (χ1) is 30.7. The van der Waals surface area contributed by atoms with E-state index in [2.05, 4.69) is 5.10 Å². The Morgan fingerprint density at radius 1 is 0.875 bits per heavy atom. The van der Waals surface area contributed by atoms with Crippen LogP contribution in [-0.4, -0.2) is 59.5 Å². The van der Waals surface area contributed by atoms with Gasteiger partial charge in [0.1, 0.15) is 17.3 Å². The predicted molar refractivity (Wildman–Crippen MR) is 251 cm³/mol. The summed E-state index contributed by atoms with van der Waals surface area (Å²) in [5, 5.41) is 18.8. The van der Waals surface area contributed by atoms with Gasteiger partial charge in [-0.3, -0.25) is 4.68 Å². The highest BCUT2D eigenvalue weighted by molar-refractivity contribution is 6.99. The van der Waals surface area contributed by atoms with E-state index in [4.69, 9.17) is 25.5 Å². The lowest BCUT2D eigenvalue weighted by Crippen LogP contribution is -2.67. The topological polar surface area (TPSA) is 87.7 Å². The molecule has 0 aliphatic carbocycles. The van der Waals surface area contributed by atoms with Crippen LogP contribution in [0.2, 0.25) is 10.1 Å². The van der Waals surface area contributed by atoms with Crippen LogP contribution >= 0.6 is 11.6 Å². The quantitative estimate of drug-likeness (QED) is 0.0524. The Labute approximate surface area is 378 Å². The second-order valence-electron chi connectivity index (χ2n) is 17.1. The van der Waals surface area contributed by atoms with E-state index in [1.807, 2.05) is 100 Å². The van der Waals surface area contributed by atoms with Crippen LogP contribution in [-0.2, 0) is 42.2 Å². The molecule has 336 valence electrons. The molecule has 0 amide bonds. The molecule has 0 saturated carbocycles. The predicted octanol–water partition coefficient (Wildman–Crippen LogP) is 10.8. The van der Waals surface area contributed by atoms with Crippen LogP contribution in [0.1, 0.15) is 74.9 Å². The van der Waals surface area contributed by atoms with Crippen molar-refractivity contribution in [3.63, 3.8) is 0 Å². The number of aliphatic hydroxyl groups is 1. The van der Waals surface area contributed by atoms with Gasteiger partial charge in [0.05, 0.1) is 42.7 Å². The van der Waals surface area contributed by atoms with Gasteiger partial charge in [-0.2, -0.15) is 5.10 Å². The minimum Gasteiger partial charge on any atom is -0.493 e. The van der Waals surface area contributed by atoms with Crippen molar-refractivity contribution in [1.82, 2.24) is 14.3 Å². The van der Waals surface area contributed by atoms with Crippen LogP contribution in [0.5, 0.6) is 5.75 Å². The van der Waals surface area contributed by atoms with E-state index < -0.39 is 44.9 Å². The smallest absolute Gasteiger partial charge is 0.355 e. The van der Waals surface area contributed by atoms with E-state index in [-0.39, 0.29) is 31.3 Å². The number of ether oxygens (including phenoxy) is 2. The Hall–Kier alpha value is -5.40. The van der Waals surface area contributed by atoms with Gasteiger partial charge in [-0.05, 0) is 82.9 Å². The lowest BCUT2D eigenvalue weighted by molar-refractivity contribution is -0.0534. The molecule has 2 heterocycles. The van der Waals surface area contributed by atoms with Gasteiger partial charge in [0.15, 0.2) is 0 Å². The van der Waals surface area contributed by atoms with Gasteiger partial charge < -0.3 is 23.6 Å². The summed E-state index contributed by atoms with van der Waals surface area (Å²) in [4.78, 5) is 14.3. The van der Waals surface area contributed by atoms with Crippen LogP contribution in [0, 0.1) is 5.82 Å². The molecule has 2 aromatic heterocycles. The largest absolute Gasteiger partial charge is 0.493 e. The van der Waals surface area contributed by atoms with E-state index in [0.717, 1.165) is 21.5 Å². The molecule has 0 spiro atoms. The molecule has 0 unspecified atom stereocenters. The van der Waals surface area contributed by atoms with Gasteiger partial charge in [0.25, 0.3) is 14.2 Å². The van der Waals surface area contributed by atoms with Crippen LogP contribution in [0.4, 0.5) is 13.2 Å². The molecular formula is C51H55ClF3N3O5Si. The molecule has 0 bridgehead atoms. The number of aromatic nitrogens is 3. The lowest BCUT2D eigenvalue weighted by atomic mass is 9.97. The Morgan fingerprint density at radius 3 is 2.17 bits per heavy atom. The zero-order valence-corrected chi connectivity index (χ0v) is 38.9. The second kappa shape index (κ2) is 19.4. The van der Waals surface area contributed by atoms with Crippen LogP contribution in [0.3, 0.4) is 0 Å². The third-order valence-corrected chi connectivity index (χ3v) is 17.3. The molecule has 7 rings (SSSR count). The number of alkyl halides is 2. The maximum absolute atomic E-state index is 16.9. The van der Waals surface area contributed by atoms with Crippen molar-refractivity contribution in [1.29, 1.82) is 0 Å². The number of fused-ring (bicyclic) bond motifs is 2. The molecule has 0 atom stereocenters. The number of carbonyl (C=O) groups is 1. The minimum absolute atomic E-state index is 0.0535. The maximum Gasteiger partial charge on any atom is 0.355 e. The number of aryl methyl sites for hydroxylation is 3. The number of aliphatic hydroxyl groups excluding tert-OH is 1. The SMILES string of the molecule is CCOC(=O)c1c(CCCOc2cccc3cc(F)ccc23)c2ccc(Cl)c(-c3c(CO)nn(C)c3CC)c2n1CCC(F)(F)CO[Si](c1ccccc1)(c1ccccc1)C(C)(C)C. The standard InChI is InChI=1S/C51H55ClF3N3O5Si/c1-7-43-46(42(32-59)56-57(43)6)45-41(52)27-26-40-39(22-16-30-62-44-23-15-17-34-31-35(53)24-25-38(34)44)48(49(60)61-8-2)58(47(40)45)29-28-51(54,55)33-63-64(50(3,4)5,36-18-11-9-12-19-36)37-20-13-10-14-21-37/h9-15,17-21,23-27,31,59H,7-8,16,22,28-30,32-33H2,1-6H3. The second-order valence-corrected chi connectivity index (χ2v) is 21.8. The number of benzene rings is 5. The molecular weight excluding hydrogens is 855 g/mol. The number of hydrogen-bond acceptors (Lipinski definition) is 6. The van der Waals surface area contributed by atoms with E-state index in [1.54, 1.807) is 47.5 Å².